The Balaban J connectivity index is 1.76. The predicted octanol–water partition coefficient (Wildman–Crippen LogP) is 7.60. The van der Waals surface area contributed by atoms with Crippen molar-refractivity contribution in [1.82, 2.24) is 0 Å². The summed E-state index contributed by atoms with van der Waals surface area (Å²) in [6, 6.07) is 34.6. The molecule has 1 aliphatic heterocycles. The number of allylic oxidation sites excluding steroid dienone is 1. The molecule has 2 nitrogen and oxygen atoms in total. The maximum absolute atomic E-state index is 2.43. The fraction of sp³-hybridized carbons (Fsp3) is 0.143. The molecule has 1 aliphatic rings. The van der Waals surface area contributed by atoms with E-state index in [0.717, 1.165) is 11.4 Å². The highest BCUT2D eigenvalue weighted by molar-refractivity contribution is 5.89. The van der Waals surface area contributed by atoms with Crippen molar-refractivity contribution >= 4 is 33.4 Å². The molecule has 0 fully saturated rings. The van der Waals surface area contributed by atoms with Crippen LogP contribution in [0.3, 0.4) is 0 Å². The molecule has 0 unspecified atom stereocenters. The lowest BCUT2D eigenvalue weighted by Crippen LogP contribution is -2.54. The molecule has 4 aromatic carbocycles. The van der Waals surface area contributed by atoms with Crippen LogP contribution in [-0.4, -0.2) is 5.54 Å². The fourth-order valence-corrected chi connectivity index (χ4v) is 4.59. The van der Waals surface area contributed by atoms with Crippen molar-refractivity contribution < 1.29 is 0 Å². The van der Waals surface area contributed by atoms with Gasteiger partial charge in [0.25, 0.3) is 0 Å². The summed E-state index contributed by atoms with van der Waals surface area (Å²) >= 11 is 0. The molecule has 148 valence electrons. The normalized spacial score (nSPS) is 14.9. The first-order valence-electron chi connectivity index (χ1n) is 10.5. The van der Waals surface area contributed by atoms with Gasteiger partial charge in [0.15, 0.2) is 0 Å². The Morgan fingerprint density at radius 1 is 0.667 bits per heavy atom. The molecular formula is C28H26N2. The first-order chi connectivity index (χ1) is 14.5. The zero-order chi connectivity index (χ0) is 20.7. The van der Waals surface area contributed by atoms with Crippen LogP contribution in [0.5, 0.6) is 0 Å². The third-order valence-electron chi connectivity index (χ3n) is 5.85. The smallest absolute Gasteiger partial charge is 0.0748 e. The summed E-state index contributed by atoms with van der Waals surface area (Å²) in [7, 11) is 0. The summed E-state index contributed by atoms with van der Waals surface area (Å²) in [5.41, 5.74) is 5.91. The Bertz CT molecular complexity index is 1240. The van der Waals surface area contributed by atoms with E-state index in [9.17, 15) is 0 Å². The van der Waals surface area contributed by atoms with Gasteiger partial charge in [-0.2, -0.15) is 0 Å². The van der Waals surface area contributed by atoms with Crippen molar-refractivity contribution in [2.45, 2.75) is 26.3 Å². The Morgan fingerprint density at radius 3 is 2.13 bits per heavy atom. The van der Waals surface area contributed by atoms with Gasteiger partial charge in [0.05, 0.1) is 22.6 Å². The van der Waals surface area contributed by atoms with E-state index in [-0.39, 0.29) is 5.54 Å². The van der Waals surface area contributed by atoms with Crippen LogP contribution in [0, 0.1) is 0 Å². The van der Waals surface area contributed by atoms with Gasteiger partial charge in [-0.05, 0) is 67.4 Å². The zero-order valence-corrected chi connectivity index (χ0v) is 17.7. The van der Waals surface area contributed by atoms with Crippen LogP contribution in [0.15, 0.2) is 103 Å². The second-order valence-corrected chi connectivity index (χ2v) is 8.49. The molecule has 0 spiro atoms. The molecule has 1 heterocycles. The first kappa shape index (κ1) is 18.5. The van der Waals surface area contributed by atoms with E-state index in [2.05, 4.69) is 134 Å². The van der Waals surface area contributed by atoms with Crippen LogP contribution in [0.1, 0.15) is 26.3 Å². The highest BCUT2D eigenvalue weighted by Crippen LogP contribution is 2.43. The minimum absolute atomic E-state index is 0.195. The largest absolute Gasteiger partial charge is 0.271 e. The van der Waals surface area contributed by atoms with Crippen LogP contribution in [-0.2, 0) is 0 Å². The topological polar surface area (TPSA) is 6.48 Å². The number of hydrogen-bond donors (Lipinski definition) is 0. The average Bonchev–Trinajstić information content (AvgIpc) is 2.76. The molecule has 5 rings (SSSR count). The van der Waals surface area contributed by atoms with Crippen molar-refractivity contribution in [2.24, 2.45) is 0 Å². The van der Waals surface area contributed by atoms with E-state index in [1.54, 1.807) is 0 Å². The van der Waals surface area contributed by atoms with Crippen LogP contribution in [0.4, 0.5) is 17.1 Å². The Morgan fingerprint density at radius 2 is 1.33 bits per heavy atom. The van der Waals surface area contributed by atoms with Gasteiger partial charge in [0.2, 0.25) is 0 Å². The Kier molecular flexibility index (Phi) is 4.36. The van der Waals surface area contributed by atoms with Crippen LogP contribution < -0.4 is 10.0 Å². The van der Waals surface area contributed by atoms with Gasteiger partial charge >= 0.3 is 0 Å². The molecule has 0 aliphatic carbocycles. The number of benzene rings is 4. The molecule has 0 bridgehead atoms. The number of rotatable bonds is 3. The van der Waals surface area contributed by atoms with Crippen molar-refractivity contribution in [2.75, 3.05) is 10.0 Å². The van der Waals surface area contributed by atoms with Crippen LogP contribution in [0.25, 0.3) is 16.3 Å². The quantitative estimate of drug-likeness (QED) is 0.355. The van der Waals surface area contributed by atoms with Crippen molar-refractivity contribution in [3.63, 3.8) is 0 Å². The van der Waals surface area contributed by atoms with Gasteiger partial charge in [0.1, 0.15) is 0 Å². The minimum Gasteiger partial charge on any atom is -0.271 e. The summed E-state index contributed by atoms with van der Waals surface area (Å²) in [4.78, 5) is 0. The van der Waals surface area contributed by atoms with Gasteiger partial charge in [-0.3, -0.25) is 10.0 Å². The average molecular weight is 391 g/mol. The molecule has 0 radical (unpaired) electrons. The number of fused-ring (bicyclic) bond motifs is 2. The summed E-state index contributed by atoms with van der Waals surface area (Å²) in [5, 5.41) is 7.28. The van der Waals surface area contributed by atoms with Gasteiger partial charge in [-0.1, -0.05) is 72.8 Å². The maximum Gasteiger partial charge on any atom is 0.0748 e. The number of para-hydroxylation sites is 2. The molecule has 0 saturated carbocycles. The van der Waals surface area contributed by atoms with Gasteiger partial charge in [0, 0.05) is 5.56 Å². The predicted molar refractivity (Wildman–Crippen MR) is 129 cm³/mol. The summed E-state index contributed by atoms with van der Waals surface area (Å²) in [6.45, 7) is 6.77. The summed E-state index contributed by atoms with van der Waals surface area (Å²) in [5.74, 6) is 0. The van der Waals surface area contributed by atoms with Gasteiger partial charge in [-0.25, -0.2) is 0 Å². The highest BCUT2D eigenvalue weighted by atomic mass is 15.7. The minimum atomic E-state index is -0.195. The van der Waals surface area contributed by atoms with E-state index in [1.807, 2.05) is 0 Å². The summed E-state index contributed by atoms with van der Waals surface area (Å²) in [6.07, 6.45) is 2.37. The number of anilines is 3. The first-order valence-corrected chi connectivity index (χ1v) is 10.5. The number of nitrogens with zero attached hydrogens (tertiary/aromatic N) is 2. The van der Waals surface area contributed by atoms with Crippen molar-refractivity contribution in [3.8, 4) is 0 Å². The van der Waals surface area contributed by atoms with E-state index in [0.29, 0.717) is 0 Å². The molecule has 0 N–H and O–H groups in total. The molecule has 0 atom stereocenters. The fourth-order valence-electron chi connectivity index (χ4n) is 4.59. The van der Waals surface area contributed by atoms with E-state index < -0.39 is 0 Å². The molecule has 0 amide bonds. The van der Waals surface area contributed by atoms with Crippen molar-refractivity contribution in [3.05, 3.63) is 109 Å². The Hall–Kier alpha value is -3.52. The van der Waals surface area contributed by atoms with Crippen LogP contribution in [0.2, 0.25) is 0 Å². The molecule has 30 heavy (non-hydrogen) atoms. The third-order valence-corrected chi connectivity index (χ3v) is 5.85. The molecule has 0 aromatic heterocycles. The third kappa shape index (κ3) is 3.05. The lowest BCUT2D eigenvalue weighted by molar-refractivity contribution is 0.559. The number of hydrogen-bond acceptors (Lipinski definition) is 2. The van der Waals surface area contributed by atoms with Crippen molar-refractivity contribution in [1.29, 1.82) is 0 Å². The Labute approximate surface area is 178 Å². The number of hydrazine groups is 1. The second kappa shape index (κ2) is 7.07. The molecular weight excluding hydrogens is 364 g/mol. The zero-order valence-electron chi connectivity index (χ0n) is 17.7. The lowest BCUT2D eigenvalue weighted by Gasteiger charge is -2.49. The lowest BCUT2D eigenvalue weighted by atomic mass is 9.90. The monoisotopic (exact) mass is 390 g/mol. The van der Waals surface area contributed by atoms with E-state index >= 15 is 0 Å². The van der Waals surface area contributed by atoms with Gasteiger partial charge < -0.3 is 0 Å². The highest BCUT2D eigenvalue weighted by Gasteiger charge is 2.36. The summed E-state index contributed by atoms with van der Waals surface area (Å²) < 4.78 is 0. The standard InChI is InChI=1S/C28H26N2/c1-21-20-28(2,3)30(27-16-10-9-15-26(21)27)29(24-13-5-4-6-14-24)25-18-17-22-11-7-8-12-23(22)19-25/h4-20H,1-3H3. The van der Waals surface area contributed by atoms with Crippen LogP contribution >= 0.6 is 0 Å². The molecule has 0 saturated heterocycles. The second-order valence-electron chi connectivity index (χ2n) is 8.49. The maximum atomic E-state index is 2.43. The molecule has 4 aromatic rings. The molecule has 2 heteroatoms. The van der Waals surface area contributed by atoms with E-state index in [1.165, 1.54) is 27.6 Å². The SMILES string of the molecule is CC1=CC(C)(C)N(N(c2ccccc2)c2ccc3ccccc3c2)c2ccccc21. The van der Waals surface area contributed by atoms with Gasteiger partial charge in [-0.15, -0.1) is 0 Å². The van der Waals surface area contributed by atoms with E-state index in [4.69, 9.17) is 0 Å².